The summed E-state index contributed by atoms with van der Waals surface area (Å²) in [6, 6.07) is 5.69. The fourth-order valence-electron chi connectivity index (χ4n) is 2.41. The molecule has 0 atom stereocenters. The molecule has 2 amide bonds. The van der Waals surface area contributed by atoms with Gasteiger partial charge in [-0.05, 0) is 51.0 Å². The summed E-state index contributed by atoms with van der Waals surface area (Å²) in [6.45, 7) is 8.49. The van der Waals surface area contributed by atoms with Gasteiger partial charge in [0, 0.05) is 31.7 Å². The van der Waals surface area contributed by atoms with Gasteiger partial charge in [0.15, 0.2) is 0 Å². The average Bonchev–Trinajstić information content (AvgIpc) is 2.64. The molecule has 8 heteroatoms. The van der Waals surface area contributed by atoms with Crippen molar-refractivity contribution in [2.75, 3.05) is 26.7 Å². The van der Waals surface area contributed by atoms with Gasteiger partial charge >= 0.3 is 0 Å². The Balaban J connectivity index is 2.97. The minimum atomic E-state index is -3.60. The lowest BCUT2D eigenvalue weighted by molar-refractivity contribution is -0.121. The summed E-state index contributed by atoms with van der Waals surface area (Å²) in [5, 5.41) is 2.76. The number of nitrogens with one attached hydrogen (secondary N) is 1. The Morgan fingerprint density at radius 2 is 1.67 bits per heavy atom. The maximum Gasteiger partial charge on any atom is 0.254 e. The van der Waals surface area contributed by atoms with Crippen molar-refractivity contribution in [1.29, 1.82) is 0 Å². The number of sulfonamides is 1. The van der Waals surface area contributed by atoms with E-state index in [0.29, 0.717) is 18.7 Å². The van der Waals surface area contributed by atoms with Gasteiger partial charge in [0.2, 0.25) is 15.9 Å². The molecule has 0 fully saturated rings. The maximum absolute atomic E-state index is 12.7. The highest BCUT2D eigenvalue weighted by Gasteiger charge is 2.24. The van der Waals surface area contributed by atoms with Gasteiger partial charge < -0.3 is 10.2 Å². The van der Waals surface area contributed by atoms with E-state index in [2.05, 4.69) is 5.32 Å². The summed E-state index contributed by atoms with van der Waals surface area (Å²) in [7, 11) is -2.07. The van der Waals surface area contributed by atoms with Crippen molar-refractivity contribution in [3.63, 3.8) is 0 Å². The summed E-state index contributed by atoms with van der Waals surface area (Å²) in [5.41, 5.74) is 0.359. The van der Waals surface area contributed by atoms with E-state index in [1.807, 2.05) is 13.8 Å². The molecule has 1 aromatic carbocycles. The van der Waals surface area contributed by atoms with E-state index in [-0.39, 0.29) is 29.3 Å². The number of carbonyl (C=O) groups is 2. The molecular formula is C19H31N3O4S. The number of hydrogen-bond acceptors (Lipinski definition) is 4. The zero-order chi connectivity index (χ0) is 20.6. The smallest absolute Gasteiger partial charge is 0.254 e. The highest BCUT2D eigenvalue weighted by molar-refractivity contribution is 7.89. The molecule has 1 N–H and O–H groups in total. The van der Waals surface area contributed by atoms with E-state index in [1.54, 1.807) is 13.8 Å². The summed E-state index contributed by atoms with van der Waals surface area (Å²) >= 11 is 0. The molecule has 1 aromatic rings. The molecule has 0 aromatic heterocycles. The van der Waals surface area contributed by atoms with Gasteiger partial charge in [-0.25, -0.2) is 8.42 Å². The van der Waals surface area contributed by atoms with Crippen LogP contribution in [0, 0.1) is 0 Å². The highest BCUT2D eigenvalue weighted by Crippen LogP contribution is 2.18. The maximum atomic E-state index is 12.7. The van der Waals surface area contributed by atoms with Crippen molar-refractivity contribution in [3.05, 3.63) is 29.8 Å². The first-order valence-electron chi connectivity index (χ1n) is 9.29. The second-order valence-corrected chi connectivity index (χ2v) is 8.71. The van der Waals surface area contributed by atoms with E-state index in [1.165, 1.54) is 40.5 Å². The number of rotatable bonds is 10. The number of benzene rings is 1. The van der Waals surface area contributed by atoms with E-state index in [9.17, 15) is 18.0 Å². The van der Waals surface area contributed by atoms with Crippen LogP contribution in [0.25, 0.3) is 0 Å². The number of carbonyl (C=O) groups excluding carboxylic acids is 2. The fourth-order valence-corrected chi connectivity index (χ4v) is 3.78. The third kappa shape index (κ3) is 6.32. The molecule has 0 heterocycles. The predicted molar refractivity (Wildman–Crippen MR) is 106 cm³/mol. The lowest BCUT2D eigenvalue weighted by atomic mass is 10.2. The molecule has 152 valence electrons. The summed E-state index contributed by atoms with van der Waals surface area (Å²) < 4.78 is 26.3. The van der Waals surface area contributed by atoms with Gasteiger partial charge in [-0.3, -0.25) is 9.59 Å². The zero-order valence-corrected chi connectivity index (χ0v) is 17.7. The van der Waals surface area contributed by atoms with Crippen molar-refractivity contribution in [1.82, 2.24) is 14.5 Å². The normalized spacial score (nSPS) is 11.7. The largest absolute Gasteiger partial charge is 0.355 e. The van der Waals surface area contributed by atoms with Gasteiger partial charge in [-0.15, -0.1) is 0 Å². The van der Waals surface area contributed by atoms with Crippen molar-refractivity contribution >= 4 is 21.8 Å². The van der Waals surface area contributed by atoms with E-state index < -0.39 is 10.0 Å². The minimum Gasteiger partial charge on any atom is -0.355 e. The van der Waals surface area contributed by atoms with Crippen LogP contribution < -0.4 is 5.32 Å². The molecule has 0 bridgehead atoms. The molecule has 0 saturated heterocycles. The number of amides is 2. The second kappa shape index (κ2) is 10.4. The molecule has 0 aliphatic rings. The molecular weight excluding hydrogens is 366 g/mol. The number of hydrogen-bond donors (Lipinski definition) is 1. The van der Waals surface area contributed by atoms with Crippen LogP contribution in [0.1, 0.15) is 50.9 Å². The van der Waals surface area contributed by atoms with Crippen LogP contribution in [-0.2, 0) is 14.8 Å². The van der Waals surface area contributed by atoms with Crippen LogP contribution in [0.15, 0.2) is 29.2 Å². The van der Waals surface area contributed by atoms with Crippen LogP contribution in [0.4, 0.5) is 0 Å². The van der Waals surface area contributed by atoms with Crippen molar-refractivity contribution in [2.24, 2.45) is 0 Å². The van der Waals surface area contributed by atoms with E-state index in [0.717, 1.165) is 12.8 Å². The molecule has 27 heavy (non-hydrogen) atoms. The molecule has 0 aliphatic heterocycles. The van der Waals surface area contributed by atoms with Crippen LogP contribution in [-0.4, -0.2) is 62.2 Å². The van der Waals surface area contributed by atoms with Crippen LogP contribution in [0.5, 0.6) is 0 Å². The Morgan fingerprint density at radius 3 is 2.15 bits per heavy atom. The minimum absolute atomic E-state index is 0.0111. The van der Waals surface area contributed by atoms with Crippen LogP contribution >= 0.6 is 0 Å². The van der Waals surface area contributed by atoms with E-state index >= 15 is 0 Å². The quantitative estimate of drug-likeness (QED) is 0.655. The zero-order valence-electron chi connectivity index (χ0n) is 16.9. The third-order valence-electron chi connectivity index (χ3n) is 4.19. The van der Waals surface area contributed by atoms with Crippen molar-refractivity contribution in [3.8, 4) is 0 Å². The molecule has 7 nitrogen and oxygen atoms in total. The molecule has 0 spiro atoms. The van der Waals surface area contributed by atoms with Crippen molar-refractivity contribution < 1.29 is 18.0 Å². The van der Waals surface area contributed by atoms with E-state index in [4.69, 9.17) is 0 Å². The summed E-state index contributed by atoms with van der Waals surface area (Å²) in [6.07, 6.45) is 1.55. The lowest BCUT2D eigenvalue weighted by Crippen LogP contribution is -2.41. The summed E-state index contributed by atoms with van der Waals surface area (Å²) in [4.78, 5) is 26.3. The topological polar surface area (TPSA) is 86.8 Å². The third-order valence-corrected chi connectivity index (χ3v) is 6.24. The van der Waals surface area contributed by atoms with Crippen LogP contribution in [0.2, 0.25) is 0 Å². The molecule has 0 unspecified atom stereocenters. The second-order valence-electron chi connectivity index (χ2n) is 6.72. The predicted octanol–water partition coefficient (Wildman–Crippen LogP) is 2.09. The highest BCUT2D eigenvalue weighted by atomic mass is 32.2. The summed E-state index contributed by atoms with van der Waals surface area (Å²) in [5.74, 6) is -0.485. The number of nitrogens with zero attached hydrogens (tertiary/aromatic N) is 2. The Hall–Kier alpha value is -1.93. The van der Waals surface area contributed by atoms with Crippen LogP contribution in [0.3, 0.4) is 0 Å². The van der Waals surface area contributed by atoms with Gasteiger partial charge in [-0.2, -0.15) is 4.31 Å². The Bertz CT molecular complexity index is 730. The van der Waals surface area contributed by atoms with Crippen molar-refractivity contribution in [2.45, 2.75) is 51.5 Å². The first-order valence-corrected chi connectivity index (χ1v) is 10.7. The standard InChI is InChI=1S/C19H31N3O4S/c1-6-12-20-18(23)14-22(13-7-2)19(24)16-8-10-17(11-9-16)27(25,26)21(5)15(3)4/h8-11,15H,6-7,12-14H2,1-5H3,(H,20,23). The molecule has 0 aliphatic carbocycles. The van der Waals surface area contributed by atoms with Gasteiger partial charge in [0.1, 0.15) is 0 Å². The first kappa shape index (κ1) is 23.1. The molecule has 1 rings (SSSR count). The Morgan fingerprint density at radius 1 is 1.07 bits per heavy atom. The Kier molecular flexibility index (Phi) is 8.92. The van der Waals surface area contributed by atoms with Gasteiger partial charge in [0.05, 0.1) is 11.4 Å². The Labute approximate surface area is 162 Å². The molecule has 0 radical (unpaired) electrons. The first-order chi connectivity index (χ1) is 12.6. The molecule has 0 saturated carbocycles. The average molecular weight is 398 g/mol. The lowest BCUT2D eigenvalue weighted by Gasteiger charge is -2.23. The fraction of sp³-hybridized carbons (Fsp3) is 0.579. The monoisotopic (exact) mass is 397 g/mol. The SMILES string of the molecule is CCCNC(=O)CN(CCC)C(=O)c1ccc(S(=O)(=O)N(C)C(C)C)cc1. The van der Waals surface area contributed by atoms with Gasteiger partial charge in [0.25, 0.3) is 5.91 Å². The van der Waals surface area contributed by atoms with Gasteiger partial charge in [-0.1, -0.05) is 13.8 Å².